The van der Waals surface area contributed by atoms with E-state index in [9.17, 15) is 9.90 Å². The number of aromatic hydroxyl groups is 1. The summed E-state index contributed by atoms with van der Waals surface area (Å²) < 4.78 is 5.23. The van der Waals surface area contributed by atoms with Crippen molar-refractivity contribution in [2.45, 2.75) is 19.4 Å². The number of anilines is 1. The minimum atomic E-state index is -0.358. The summed E-state index contributed by atoms with van der Waals surface area (Å²) in [6, 6.07) is 4.87. The van der Waals surface area contributed by atoms with Crippen molar-refractivity contribution in [2.75, 3.05) is 25.1 Å². The van der Waals surface area contributed by atoms with Gasteiger partial charge >= 0.3 is 0 Å². The van der Waals surface area contributed by atoms with E-state index in [2.05, 4.69) is 10.6 Å². The van der Waals surface area contributed by atoms with E-state index in [0.29, 0.717) is 25.4 Å². The van der Waals surface area contributed by atoms with Gasteiger partial charge in [0.15, 0.2) is 0 Å². The standard InChI is InChI=1S/C13H18N2O3.ClH/c1-2-9-3-4-12(16)10(7-9)15-13(17)11-8-18-6-5-14-11;/h3-4,7,11,14,16H,2,5-6,8H2,1H3,(H,15,17);1H. The van der Waals surface area contributed by atoms with E-state index in [1.165, 1.54) is 0 Å². The Morgan fingerprint density at radius 1 is 1.58 bits per heavy atom. The number of aryl methyl sites for hydroxylation is 1. The first-order valence-corrected chi connectivity index (χ1v) is 6.14. The maximum Gasteiger partial charge on any atom is 0.244 e. The Hall–Kier alpha value is -1.30. The highest BCUT2D eigenvalue weighted by atomic mass is 35.5. The van der Waals surface area contributed by atoms with Crippen LogP contribution in [0.3, 0.4) is 0 Å². The zero-order valence-electron chi connectivity index (χ0n) is 10.8. The van der Waals surface area contributed by atoms with Gasteiger partial charge < -0.3 is 20.5 Å². The summed E-state index contributed by atoms with van der Waals surface area (Å²) in [5.41, 5.74) is 1.52. The van der Waals surface area contributed by atoms with Crippen LogP contribution in [0.2, 0.25) is 0 Å². The number of amides is 1. The first-order chi connectivity index (χ1) is 8.70. The van der Waals surface area contributed by atoms with Gasteiger partial charge in [-0.2, -0.15) is 0 Å². The molecule has 0 bridgehead atoms. The molecule has 1 unspecified atom stereocenters. The van der Waals surface area contributed by atoms with Crippen LogP contribution in [0.5, 0.6) is 5.75 Å². The van der Waals surface area contributed by atoms with Crippen molar-refractivity contribution in [3.05, 3.63) is 23.8 Å². The molecule has 5 nitrogen and oxygen atoms in total. The van der Waals surface area contributed by atoms with Gasteiger partial charge in [-0.25, -0.2) is 0 Å². The molecule has 1 aromatic carbocycles. The molecular weight excluding hydrogens is 268 g/mol. The highest BCUT2D eigenvalue weighted by Crippen LogP contribution is 2.24. The fraction of sp³-hybridized carbons (Fsp3) is 0.462. The second kappa shape index (κ2) is 7.33. The summed E-state index contributed by atoms with van der Waals surface area (Å²) in [4.78, 5) is 12.0. The van der Waals surface area contributed by atoms with Crippen molar-refractivity contribution < 1.29 is 14.6 Å². The van der Waals surface area contributed by atoms with Crippen LogP contribution < -0.4 is 10.6 Å². The number of halogens is 1. The highest BCUT2D eigenvalue weighted by Gasteiger charge is 2.21. The van der Waals surface area contributed by atoms with Gasteiger partial charge in [-0.3, -0.25) is 4.79 Å². The van der Waals surface area contributed by atoms with Crippen molar-refractivity contribution in [3.8, 4) is 5.75 Å². The van der Waals surface area contributed by atoms with E-state index in [1.807, 2.05) is 13.0 Å². The van der Waals surface area contributed by atoms with Crippen molar-refractivity contribution >= 4 is 24.0 Å². The van der Waals surface area contributed by atoms with Gasteiger partial charge in [0.2, 0.25) is 5.91 Å². The number of rotatable bonds is 3. The smallest absolute Gasteiger partial charge is 0.244 e. The van der Waals surface area contributed by atoms with Gasteiger partial charge in [0.05, 0.1) is 18.9 Å². The number of benzene rings is 1. The molecule has 0 aliphatic carbocycles. The van der Waals surface area contributed by atoms with Crippen molar-refractivity contribution in [1.29, 1.82) is 0 Å². The minimum absolute atomic E-state index is 0. The average Bonchev–Trinajstić information content (AvgIpc) is 2.42. The first-order valence-electron chi connectivity index (χ1n) is 6.14. The van der Waals surface area contributed by atoms with Crippen LogP contribution >= 0.6 is 12.4 Å². The predicted octanol–water partition coefficient (Wildman–Crippen LogP) is 1.30. The number of hydrogen-bond acceptors (Lipinski definition) is 4. The summed E-state index contributed by atoms with van der Waals surface area (Å²) in [6.07, 6.45) is 0.855. The van der Waals surface area contributed by atoms with Crippen LogP contribution in [0.15, 0.2) is 18.2 Å². The Morgan fingerprint density at radius 2 is 2.37 bits per heavy atom. The van der Waals surface area contributed by atoms with Gasteiger partial charge in [-0.1, -0.05) is 13.0 Å². The fourth-order valence-electron chi connectivity index (χ4n) is 1.86. The fourth-order valence-corrected chi connectivity index (χ4v) is 1.86. The summed E-state index contributed by atoms with van der Waals surface area (Å²) >= 11 is 0. The molecule has 1 aliphatic rings. The third-order valence-electron chi connectivity index (χ3n) is 2.97. The zero-order chi connectivity index (χ0) is 13.0. The topological polar surface area (TPSA) is 70.6 Å². The number of carbonyl (C=O) groups is 1. The molecule has 1 fully saturated rings. The van der Waals surface area contributed by atoms with Crippen LogP contribution in [0.25, 0.3) is 0 Å². The Labute approximate surface area is 118 Å². The molecule has 0 aromatic heterocycles. The largest absolute Gasteiger partial charge is 0.506 e. The molecule has 0 saturated carbocycles. The second-order valence-electron chi connectivity index (χ2n) is 4.28. The average molecular weight is 287 g/mol. The van der Waals surface area contributed by atoms with Gasteiger partial charge in [-0.05, 0) is 24.1 Å². The molecule has 1 amide bonds. The second-order valence-corrected chi connectivity index (χ2v) is 4.28. The van der Waals surface area contributed by atoms with E-state index in [4.69, 9.17) is 4.74 Å². The van der Waals surface area contributed by atoms with E-state index >= 15 is 0 Å². The molecule has 1 saturated heterocycles. The van der Waals surface area contributed by atoms with Gasteiger partial charge in [0.25, 0.3) is 0 Å². The SMILES string of the molecule is CCc1ccc(O)c(NC(=O)C2COCCN2)c1.Cl. The van der Waals surface area contributed by atoms with E-state index in [0.717, 1.165) is 12.0 Å². The summed E-state index contributed by atoms with van der Waals surface area (Å²) in [5.74, 6) is -0.101. The maximum atomic E-state index is 12.0. The number of phenolic OH excluding ortho intramolecular Hbond substituents is 1. The summed E-state index contributed by atoms with van der Waals surface area (Å²) in [7, 11) is 0. The minimum Gasteiger partial charge on any atom is -0.506 e. The summed E-state index contributed by atoms with van der Waals surface area (Å²) in [5, 5.41) is 15.5. The molecule has 106 valence electrons. The van der Waals surface area contributed by atoms with E-state index < -0.39 is 0 Å². The third-order valence-corrected chi connectivity index (χ3v) is 2.97. The molecule has 0 spiro atoms. The van der Waals surface area contributed by atoms with E-state index in [-0.39, 0.29) is 30.1 Å². The van der Waals surface area contributed by atoms with Crippen LogP contribution in [0.4, 0.5) is 5.69 Å². The number of ether oxygens (including phenoxy) is 1. The maximum absolute atomic E-state index is 12.0. The molecule has 0 radical (unpaired) electrons. The molecule has 1 aromatic rings. The first kappa shape index (κ1) is 15.8. The number of hydrogen-bond donors (Lipinski definition) is 3. The number of carbonyl (C=O) groups excluding carboxylic acids is 1. The number of phenols is 1. The molecular formula is C13H19ClN2O3. The lowest BCUT2D eigenvalue weighted by molar-refractivity contribution is -0.120. The lowest BCUT2D eigenvalue weighted by Crippen LogP contribution is -2.48. The van der Waals surface area contributed by atoms with Crippen LogP contribution in [0, 0.1) is 0 Å². The van der Waals surface area contributed by atoms with Crippen LogP contribution in [-0.2, 0) is 16.0 Å². The Bertz CT molecular complexity index is 434. The molecule has 1 heterocycles. The lowest BCUT2D eigenvalue weighted by Gasteiger charge is -2.23. The van der Waals surface area contributed by atoms with Gasteiger partial charge in [-0.15, -0.1) is 12.4 Å². The number of morpholine rings is 1. The van der Waals surface area contributed by atoms with Crippen molar-refractivity contribution in [3.63, 3.8) is 0 Å². The lowest BCUT2D eigenvalue weighted by atomic mass is 10.1. The zero-order valence-corrected chi connectivity index (χ0v) is 11.6. The van der Waals surface area contributed by atoms with Crippen LogP contribution in [-0.4, -0.2) is 36.8 Å². The normalized spacial score (nSPS) is 18.5. The third kappa shape index (κ3) is 4.09. The van der Waals surface area contributed by atoms with Gasteiger partial charge in [0.1, 0.15) is 11.8 Å². The molecule has 1 aliphatic heterocycles. The highest BCUT2D eigenvalue weighted by molar-refractivity contribution is 5.96. The summed E-state index contributed by atoms with van der Waals surface area (Å²) in [6.45, 7) is 3.67. The number of nitrogens with one attached hydrogen (secondary N) is 2. The van der Waals surface area contributed by atoms with Crippen molar-refractivity contribution in [1.82, 2.24) is 5.32 Å². The molecule has 3 N–H and O–H groups in total. The van der Waals surface area contributed by atoms with E-state index in [1.54, 1.807) is 12.1 Å². The predicted molar refractivity (Wildman–Crippen MR) is 76.0 cm³/mol. The molecule has 19 heavy (non-hydrogen) atoms. The molecule has 2 rings (SSSR count). The van der Waals surface area contributed by atoms with Gasteiger partial charge in [0, 0.05) is 6.54 Å². The Balaban J connectivity index is 0.00000180. The Morgan fingerprint density at radius 3 is 3.00 bits per heavy atom. The molecule has 6 heteroatoms. The van der Waals surface area contributed by atoms with Crippen molar-refractivity contribution in [2.24, 2.45) is 0 Å². The Kier molecular flexibility index (Phi) is 6.08. The quantitative estimate of drug-likeness (QED) is 0.733. The van der Waals surface area contributed by atoms with Crippen LogP contribution in [0.1, 0.15) is 12.5 Å². The monoisotopic (exact) mass is 286 g/mol. The molecule has 1 atom stereocenters.